The molecule has 1 aliphatic heterocycles. The Labute approximate surface area is 148 Å². The third-order valence-electron chi connectivity index (χ3n) is 3.65. The lowest BCUT2D eigenvalue weighted by atomic mass is 10.1. The molecular formula is C16H18N4O4S. The van der Waals surface area contributed by atoms with Gasteiger partial charge >= 0.3 is 6.09 Å². The number of amides is 2. The molecule has 0 saturated carbocycles. The summed E-state index contributed by atoms with van der Waals surface area (Å²) in [4.78, 5) is 34.6. The van der Waals surface area contributed by atoms with Crippen LogP contribution in [-0.2, 0) is 22.8 Å². The first-order valence-corrected chi connectivity index (χ1v) is 8.51. The molecule has 2 heterocycles. The minimum Gasteiger partial charge on any atom is -0.465 e. The lowest BCUT2D eigenvalue weighted by molar-refractivity contribution is -0.114. The highest BCUT2D eigenvalue weighted by Crippen LogP contribution is 2.34. The van der Waals surface area contributed by atoms with Crippen LogP contribution in [0.1, 0.15) is 29.1 Å². The van der Waals surface area contributed by atoms with Crippen LogP contribution in [0.25, 0.3) is 0 Å². The van der Waals surface area contributed by atoms with Crippen molar-refractivity contribution in [2.24, 2.45) is 0 Å². The molecule has 3 N–H and O–H groups in total. The Morgan fingerprint density at radius 3 is 2.84 bits per heavy atom. The number of rotatable bonds is 5. The normalized spacial score (nSPS) is 16.4. The molecule has 0 bridgehead atoms. The highest BCUT2D eigenvalue weighted by Gasteiger charge is 2.31. The maximum Gasteiger partial charge on any atom is 0.407 e. The van der Waals surface area contributed by atoms with Crippen molar-refractivity contribution in [3.05, 3.63) is 46.5 Å². The molecule has 1 aliphatic rings. The summed E-state index contributed by atoms with van der Waals surface area (Å²) in [5.74, 6) is -0.217. The summed E-state index contributed by atoms with van der Waals surface area (Å²) < 4.78 is 0. The summed E-state index contributed by atoms with van der Waals surface area (Å²) in [6, 6.07) is 9.32. The largest absolute Gasteiger partial charge is 0.465 e. The number of benzene rings is 1. The van der Waals surface area contributed by atoms with E-state index in [1.54, 1.807) is 0 Å². The van der Waals surface area contributed by atoms with Crippen LogP contribution in [0.3, 0.4) is 0 Å². The van der Waals surface area contributed by atoms with E-state index < -0.39 is 6.09 Å². The van der Waals surface area contributed by atoms with Gasteiger partial charge in [0.05, 0.1) is 29.8 Å². The highest BCUT2D eigenvalue weighted by atomic mass is 32.1. The molecule has 1 unspecified atom stereocenters. The van der Waals surface area contributed by atoms with E-state index in [0.29, 0.717) is 17.4 Å². The molecule has 132 valence electrons. The fourth-order valence-corrected chi connectivity index (χ4v) is 3.59. The second-order valence-electron chi connectivity index (χ2n) is 5.62. The number of hydrogen-bond donors (Lipinski definition) is 3. The Hall–Kier alpha value is -2.49. The van der Waals surface area contributed by atoms with Crippen molar-refractivity contribution in [1.82, 2.24) is 15.4 Å². The number of nitrogens with zero attached hydrogens (tertiary/aromatic N) is 2. The van der Waals surface area contributed by atoms with Crippen LogP contribution in [0, 0.1) is 0 Å². The van der Waals surface area contributed by atoms with Crippen LogP contribution in [0.15, 0.2) is 30.3 Å². The van der Waals surface area contributed by atoms with Gasteiger partial charge in [-0.15, -0.1) is 0 Å². The molecule has 0 spiro atoms. The topological polar surface area (TPSA) is 104 Å². The van der Waals surface area contributed by atoms with Gasteiger partial charge in [0.15, 0.2) is 5.13 Å². The van der Waals surface area contributed by atoms with E-state index in [9.17, 15) is 14.7 Å². The predicted octanol–water partition coefficient (Wildman–Crippen LogP) is 2.36. The second-order valence-corrected chi connectivity index (χ2v) is 6.65. The van der Waals surface area contributed by atoms with E-state index in [-0.39, 0.29) is 25.0 Å². The van der Waals surface area contributed by atoms with Gasteiger partial charge in [-0.1, -0.05) is 41.7 Å². The quantitative estimate of drug-likeness (QED) is 0.706. The first-order chi connectivity index (χ1) is 12.0. The zero-order valence-corrected chi connectivity index (χ0v) is 14.4. The number of hydroxylamine groups is 1. The maximum atomic E-state index is 11.4. The maximum absolute atomic E-state index is 11.4. The van der Waals surface area contributed by atoms with Gasteiger partial charge in [-0.2, -0.15) is 5.48 Å². The SMILES string of the molecule is CC(=O)Nc1nc2c(s1)C(NOCc1ccccc1)CN(C(=O)O)C2. The van der Waals surface area contributed by atoms with E-state index in [0.717, 1.165) is 10.4 Å². The summed E-state index contributed by atoms with van der Waals surface area (Å²) in [5, 5.41) is 12.4. The molecule has 25 heavy (non-hydrogen) atoms. The van der Waals surface area contributed by atoms with Crippen LogP contribution in [0.2, 0.25) is 0 Å². The third-order valence-corrected chi connectivity index (χ3v) is 4.78. The Balaban J connectivity index is 1.72. The van der Waals surface area contributed by atoms with E-state index in [4.69, 9.17) is 4.84 Å². The van der Waals surface area contributed by atoms with Crippen LogP contribution < -0.4 is 10.8 Å². The molecule has 3 rings (SSSR count). The summed E-state index contributed by atoms with van der Waals surface area (Å²) in [6.45, 7) is 2.20. The number of carboxylic acid groups (broad SMARTS) is 1. The summed E-state index contributed by atoms with van der Waals surface area (Å²) in [6.07, 6.45) is -1.02. The third kappa shape index (κ3) is 4.32. The Morgan fingerprint density at radius 1 is 1.40 bits per heavy atom. The summed E-state index contributed by atoms with van der Waals surface area (Å²) >= 11 is 1.33. The first-order valence-electron chi connectivity index (χ1n) is 7.69. The number of fused-ring (bicyclic) bond motifs is 1. The van der Waals surface area contributed by atoms with Gasteiger partial charge in [0, 0.05) is 13.5 Å². The van der Waals surface area contributed by atoms with E-state index in [2.05, 4.69) is 15.8 Å². The molecule has 8 nitrogen and oxygen atoms in total. The van der Waals surface area contributed by atoms with Gasteiger partial charge in [-0.3, -0.25) is 9.63 Å². The molecule has 2 aromatic rings. The molecule has 0 radical (unpaired) electrons. The Bertz CT molecular complexity index is 765. The number of aromatic nitrogens is 1. The molecule has 0 fully saturated rings. The standard InChI is InChI=1S/C16H18N4O4S/c1-10(21)17-15-18-12-7-20(16(22)23)8-13(14(12)25-15)19-24-9-11-5-3-2-4-6-11/h2-6,13,19H,7-9H2,1H3,(H,22,23)(H,17,18,21). The van der Waals surface area contributed by atoms with E-state index >= 15 is 0 Å². The van der Waals surface area contributed by atoms with Crippen molar-refractivity contribution in [2.45, 2.75) is 26.1 Å². The Morgan fingerprint density at radius 2 is 2.16 bits per heavy atom. The van der Waals surface area contributed by atoms with Gasteiger partial charge < -0.3 is 15.3 Å². The van der Waals surface area contributed by atoms with Crippen LogP contribution in [0.5, 0.6) is 0 Å². The predicted molar refractivity (Wildman–Crippen MR) is 92.0 cm³/mol. The molecule has 9 heteroatoms. The summed E-state index contributed by atoms with van der Waals surface area (Å²) in [7, 11) is 0. The van der Waals surface area contributed by atoms with Gasteiger partial charge in [-0.25, -0.2) is 9.78 Å². The fraction of sp³-hybridized carbons (Fsp3) is 0.312. The monoisotopic (exact) mass is 362 g/mol. The number of carbonyl (C=O) groups is 2. The molecule has 1 atom stereocenters. The minimum atomic E-state index is -1.02. The molecule has 2 amide bonds. The minimum absolute atomic E-state index is 0.192. The van der Waals surface area contributed by atoms with Gasteiger partial charge in [0.25, 0.3) is 0 Å². The molecule has 1 aromatic carbocycles. The van der Waals surface area contributed by atoms with E-state index in [1.807, 2.05) is 30.3 Å². The van der Waals surface area contributed by atoms with Crippen molar-refractivity contribution in [2.75, 3.05) is 11.9 Å². The van der Waals surface area contributed by atoms with Gasteiger partial charge in [0.2, 0.25) is 5.91 Å². The number of carbonyl (C=O) groups excluding carboxylic acids is 1. The van der Waals surface area contributed by atoms with E-state index in [1.165, 1.54) is 23.2 Å². The summed E-state index contributed by atoms with van der Waals surface area (Å²) in [5.41, 5.74) is 4.56. The van der Waals surface area contributed by atoms with Crippen molar-refractivity contribution in [3.63, 3.8) is 0 Å². The van der Waals surface area contributed by atoms with Crippen molar-refractivity contribution >= 4 is 28.5 Å². The van der Waals surface area contributed by atoms with Crippen LogP contribution >= 0.6 is 11.3 Å². The average molecular weight is 362 g/mol. The zero-order chi connectivity index (χ0) is 17.8. The van der Waals surface area contributed by atoms with Crippen LogP contribution in [0.4, 0.5) is 9.93 Å². The van der Waals surface area contributed by atoms with Crippen molar-refractivity contribution in [1.29, 1.82) is 0 Å². The van der Waals surface area contributed by atoms with Gasteiger partial charge in [0.1, 0.15) is 0 Å². The van der Waals surface area contributed by atoms with Gasteiger partial charge in [-0.05, 0) is 5.56 Å². The van der Waals surface area contributed by atoms with Crippen molar-refractivity contribution in [3.8, 4) is 0 Å². The second kappa shape index (κ2) is 7.60. The average Bonchev–Trinajstić information content (AvgIpc) is 2.97. The number of anilines is 1. The number of thiazole rings is 1. The highest BCUT2D eigenvalue weighted by molar-refractivity contribution is 7.16. The Kier molecular flexibility index (Phi) is 5.27. The molecular weight excluding hydrogens is 344 g/mol. The number of hydrogen-bond acceptors (Lipinski definition) is 6. The molecule has 1 aromatic heterocycles. The number of nitrogens with one attached hydrogen (secondary N) is 2. The molecule has 0 aliphatic carbocycles. The fourth-order valence-electron chi connectivity index (χ4n) is 2.54. The van der Waals surface area contributed by atoms with Crippen molar-refractivity contribution < 1.29 is 19.5 Å². The smallest absolute Gasteiger partial charge is 0.407 e. The lowest BCUT2D eigenvalue weighted by Crippen LogP contribution is -2.41. The lowest BCUT2D eigenvalue weighted by Gasteiger charge is -2.30. The zero-order valence-electron chi connectivity index (χ0n) is 13.6. The molecule has 0 saturated heterocycles. The first kappa shape index (κ1) is 17.3. The van der Waals surface area contributed by atoms with Crippen LogP contribution in [-0.4, -0.2) is 33.5 Å².